The predicted molar refractivity (Wildman–Crippen MR) is 77.8 cm³/mol. The van der Waals surface area contributed by atoms with Crippen LogP contribution in [0, 0.1) is 5.82 Å². The Labute approximate surface area is 127 Å². The van der Waals surface area contributed by atoms with Gasteiger partial charge in [-0.05, 0) is 38.1 Å². The quantitative estimate of drug-likeness (QED) is 0.858. The van der Waals surface area contributed by atoms with E-state index in [1.807, 2.05) is 0 Å². The van der Waals surface area contributed by atoms with Crippen molar-refractivity contribution in [1.82, 2.24) is 5.32 Å². The number of carbonyl (C=O) groups excluding carboxylic acids is 1. The van der Waals surface area contributed by atoms with Gasteiger partial charge in [0.05, 0.1) is 12.8 Å². The third kappa shape index (κ3) is 4.08. The summed E-state index contributed by atoms with van der Waals surface area (Å²) in [6, 6.07) is 8.82. The Morgan fingerprint density at radius 2 is 2.23 bits per heavy atom. The largest absolute Gasteiger partial charge is 0.481 e. The molecule has 1 aromatic heterocycles. The summed E-state index contributed by atoms with van der Waals surface area (Å²) in [5.41, 5.74) is -1.32. The van der Waals surface area contributed by atoms with Gasteiger partial charge in [-0.2, -0.15) is 0 Å². The van der Waals surface area contributed by atoms with Gasteiger partial charge in [-0.25, -0.2) is 4.39 Å². The van der Waals surface area contributed by atoms with Crippen molar-refractivity contribution in [2.75, 3.05) is 6.54 Å². The highest BCUT2D eigenvalue weighted by Crippen LogP contribution is 2.20. The Hall–Kier alpha value is -2.34. The van der Waals surface area contributed by atoms with Crippen LogP contribution in [0.2, 0.25) is 0 Å². The summed E-state index contributed by atoms with van der Waals surface area (Å²) in [7, 11) is 0. The zero-order valence-corrected chi connectivity index (χ0v) is 12.4. The van der Waals surface area contributed by atoms with Crippen LogP contribution in [0.3, 0.4) is 0 Å². The fourth-order valence-electron chi connectivity index (χ4n) is 1.87. The number of benzene rings is 1. The van der Waals surface area contributed by atoms with E-state index in [-0.39, 0.29) is 12.3 Å². The number of amides is 1. The lowest BCUT2D eigenvalue weighted by Crippen LogP contribution is -2.43. The molecule has 5 nitrogen and oxygen atoms in total. The standard InChI is InChI=1S/C16H18FNO4/c1-11(22-13-6-3-5-12(17)9-13)15(19)18-10-16(2,20)14-7-4-8-21-14/h3-9,11,20H,10H2,1-2H3,(H,18,19). The summed E-state index contributed by atoms with van der Waals surface area (Å²) in [6.45, 7) is 3.04. The van der Waals surface area contributed by atoms with E-state index in [4.69, 9.17) is 9.15 Å². The molecular formula is C16H18FNO4. The summed E-state index contributed by atoms with van der Waals surface area (Å²) in [5, 5.41) is 12.8. The highest BCUT2D eigenvalue weighted by atomic mass is 19.1. The number of rotatable bonds is 6. The molecule has 2 unspecified atom stereocenters. The molecule has 0 aliphatic heterocycles. The maximum Gasteiger partial charge on any atom is 0.260 e. The van der Waals surface area contributed by atoms with Gasteiger partial charge >= 0.3 is 0 Å². The van der Waals surface area contributed by atoms with Gasteiger partial charge in [-0.15, -0.1) is 0 Å². The van der Waals surface area contributed by atoms with Gasteiger partial charge in [0.15, 0.2) is 6.10 Å². The second-order valence-corrected chi connectivity index (χ2v) is 5.19. The van der Waals surface area contributed by atoms with Crippen molar-refractivity contribution in [2.45, 2.75) is 25.6 Å². The Morgan fingerprint density at radius 1 is 1.45 bits per heavy atom. The summed E-state index contributed by atoms with van der Waals surface area (Å²) in [6.07, 6.45) is 0.621. The summed E-state index contributed by atoms with van der Waals surface area (Å²) >= 11 is 0. The van der Waals surface area contributed by atoms with Crippen molar-refractivity contribution in [1.29, 1.82) is 0 Å². The van der Waals surface area contributed by atoms with Crippen molar-refractivity contribution in [2.24, 2.45) is 0 Å². The minimum atomic E-state index is -1.32. The Morgan fingerprint density at radius 3 is 2.86 bits per heavy atom. The van der Waals surface area contributed by atoms with Crippen LogP contribution in [0.4, 0.5) is 4.39 Å². The molecule has 0 aliphatic rings. The van der Waals surface area contributed by atoms with Crippen molar-refractivity contribution in [3.05, 3.63) is 54.2 Å². The van der Waals surface area contributed by atoms with E-state index in [1.165, 1.54) is 31.4 Å². The fourth-order valence-corrected chi connectivity index (χ4v) is 1.87. The first-order valence-electron chi connectivity index (χ1n) is 6.85. The topological polar surface area (TPSA) is 71.7 Å². The number of hydrogen-bond acceptors (Lipinski definition) is 4. The minimum Gasteiger partial charge on any atom is -0.481 e. The maximum atomic E-state index is 13.1. The Kier molecular flexibility index (Phi) is 4.82. The van der Waals surface area contributed by atoms with Crippen LogP contribution in [0.1, 0.15) is 19.6 Å². The molecule has 0 spiro atoms. The maximum absolute atomic E-state index is 13.1. The second-order valence-electron chi connectivity index (χ2n) is 5.19. The molecule has 0 fully saturated rings. The van der Waals surface area contributed by atoms with E-state index in [0.717, 1.165) is 0 Å². The highest BCUT2D eigenvalue weighted by molar-refractivity contribution is 5.80. The highest BCUT2D eigenvalue weighted by Gasteiger charge is 2.28. The van der Waals surface area contributed by atoms with Crippen LogP contribution in [-0.2, 0) is 10.4 Å². The van der Waals surface area contributed by atoms with Gasteiger partial charge in [-0.3, -0.25) is 4.79 Å². The van der Waals surface area contributed by atoms with E-state index in [1.54, 1.807) is 25.1 Å². The monoisotopic (exact) mass is 307 g/mol. The normalized spacial score (nSPS) is 14.9. The molecule has 0 aliphatic carbocycles. The van der Waals surface area contributed by atoms with E-state index in [2.05, 4.69) is 5.32 Å². The number of carbonyl (C=O) groups is 1. The minimum absolute atomic E-state index is 0.0316. The molecular weight excluding hydrogens is 289 g/mol. The summed E-state index contributed by atoms with van der Waals surface area (Å²) < 4.78 is 23.5. The molecule has 1 heterocycles. The fraction of sp³-hybridized carbons (Fsp3) is 0.312. The molecule has 0 saturated carbocycles. The van der Waals surface area contributed by atoms with Crippen molar-refractivity contribution in [3.63, 3.8) is 0 Å². The van der Waals surface area contributed by atoms with Crippen LogP contribution in [0.15, 0.2) is 47.1 Å². The molecule has 118 valence electrons. The molecule has 22 heavy (non-hydrogen) atoms. The molecule has 0 radical (unpaired) electrons. The number of furan rings is 1. The number of nitrogens with one attached hydrogen (secondary N) is 1. The van der Waals surface area contributed by atoms with Crippen molar-refractivity contribution in [3.8, 4) is 5.75 Å². The first kappa shape index (κ1) is 16.0. The molecule has 2 rings (SSSR count). The lowest BCUT2D eigenvalue weighted by molar-refractivity contribution is -0.128. The summed E-state index contributed by atoms with van der Waals surface area (Å²) in [5.74, 6) is -0.242. The zero-order chi connectivity index (χ0) is 16.2. The van der Waals surface area contributed by atoms with Gasteiger partial charge < -0.3 is 19.6 Å². The van der Waals surface area contributed by atoms with Gasteiger partial charge in [0, 0.05) is 6.07 Å². The van der Waals surface area contributed by atoms with Crippen LogP contribution >= 0.6 is 0 Å². The van der Waals surface area contributed by atoms with Crippen LogP contribution < -0.4 is 10.1 Å². The number of halogens is 1. The van der Waals surface area contributed by atoms with Crippen LogP contribution in [0.25, 0.3) is 0 Å². The number of aliphatic hydroxyl groups is 1. The average Bonchev–Trinajstić information content (AvgIpc) is 3.00. The van der Waals surface area contributed by atoms with E-state index < -0.39 is 23.4 Å². The summed E-state index contributed by atoms with van der Waals surface area (Å²) in [4.78, 5) is 12.0. The molecule has 2 aromatic rings. The van der Waals surface area contributed by atoms with E-state index in [0.29, 0.717) is 5.76 Å². The lowest BCUT2D eigenvalue weighted by Gasteiger charge is -2.22. The molecule has 2 N–H and O–H groups in total. The lowest BCUT2D eigenvalue weighted by atomic mass is 10.0. The molecule has 2 atom stereocenters. The Bertz CT molecular complexity index is 625. The molecule has 1 amide bonds. The van der Waals surface area contributed by atoms with Crippen LogP contribution in [0.5, 0.6) is 5.75 Å². The third-order valence-corrected chi connectivity index (χ3v) is 3.14. The zero-order valence-electron chi connectivity index (χ0n) is 12.4. The first-order chi connectivity index (χ1) is 10.4. The molecule has 6 heteroatoms. The molecule has 0 bridgehead atoms. The van der Waals surface area contributed by atoms with E-state index >= 15 is 0 Å². The average molecular weight is 307 g/mol. The SMILES string of the molecule is CC(Oc1cccc(F)c1)C(=O)NCC(C)(O)c1ccco1. The van der Waals surface area contributed by atoms with Crippen LogP contribution in [-0.4, -0.2) is 23.7 Å². The second kappa shape index (κ2) is 6.62. The third-order valence-electron chi connectivity index (χ3n) is 3.14. The number of hydrogen-bond donors (Lipinski definition) is 2. The van der Waals surface area contributed by atoms with Gasteiger partial charge in [0.1, 0.15) is 22.9 Å². The van der Waals surface area contributed by atoms with Crippen molar-refractivity contribution >= 4 is 5.91 Å². The molecule has 1 aromatic carbocycles. The van der Waals surface area contributed by atoms with Gasteiger partial charge in [0.25, 0.3) is 5.91 Å². The van der Waals surface area contributed by atoms with Gasteiger partial charge in [0.2, 0.25) is 0 Å². The smallest absolute Gasteiger partial charge is 0.260 e. The van der Waals surface area contributed by atoms with Crippen molar-refractivity contribution < 1.29 is 23.4 Å². The first-order valence-corrected chi connectivity index (χ1v) is 6.85. The molecule has 0 saturated heterocycles. The van der Waals surface area contributed by atoms with Gasteiger partial charge in [-0.1, -0.05) is 6.07 Å². The number of ether oxygens (including phenoxy) is 1. The Balaban J connectivity index is 1.89. The predicted octanol–water partition coefficient (Wildman–Crippen LogP) is 2.21. The van der Waals surface area contributed by atoms with E-state index in [9.17, 15) is 14.3 Å².